The molecule has 23 heavy (non-hydrogen) atoms. The molecule has 1 unspecified atom stereocenters. The Labute approximate surface area is 146 Å². The van der Waals surface area contributed by atoms with E-state index in [0.29, 0.717) is 6.54 Å². The van der Waals surface area contributed by atoms with Crippen LogP contribution in [0.2, 0.25) is 0 Å². The van der Waals surface area contributed by atoms with E-state index in [1.54, 1.807) is 0 Å². The molecule has 0 fully saturated rings. The van der Waals surface area contributed by atoms with Gasteiger partial charge in [0.15, 0.2) is 11.6 Å². The topological polar surface area (TPSA) is 37.0 Å². The van der Waals surface area contributed by atoms with Crippen molar-refractivity contribution < 1.29 is 8.78 Å². The summed E-state index contributed by atoms with van der Waals surface area (Å²) in [6.07, 6.45) is 3.81. The molecule has 3 nitrogen and oxygen atoms in total. The highest BCUT2D eigenvalue weighted by Gasteiger charge is 2.19. The van der Waals surface area contributed by atoms with Gasteiger partial charge in [0, 0.05) is 12.6 Å². The fourth-order valence-corrected chi connectivity index (χ4v) is 2.77. The summed E-state index contributed by atoms with van der Waals surface area (Å²) in [5.41, 5.74) is 2.53. The van der Waals surface area contributed by atoms with Gasteiger partial charge in [-0.2, -0.15) is 0 Å². The summed E-state index contributed by atoms with van der Waals surface area (Å²) in [6.45, 7) is 1.42. The number of aromatic nitrogens is 1. The number of pyridine rings is 1. The van der Waals surface area contributed by atoms with Crippen LogP contribution in [0.5, 0.6) is 0 Å². The van der Waals surface area contributed by atoms with Crippen LogP contribution in [0.4, 0.5) is 14.5 Å². The molecule has 0 amide bonds. The summed E-state index contributed by atoms with van der Waals surface area (Å²) in [5.74, 6) is -1.32. The SMILES string of the molecule is Cl.Cl.Fc1cncc(F)c1NCCC1NCCc2ccccc21. The monoisotopic (exact) mass is 361 g/mol. The van der Waals surface area contributed by atoms with E-state index < -0.39 is 11.6 Å². The molecular weight excluding hydrogens is 343 g/mol. The van der Waals surface area contributed by atoms with Gasteiger partial charge >= 0.3 is 0 Å². The molecule has 7 heteroatoms. The molecule has 1 aromatic carbocycles. The van der Waals surface area contributed by atoms with Gasteiger partial charge in [-0.3, -0.25) is 4.98 Å². The highest BCUT2D eigenvalue weighted by atomic mass is 35.5. The Bertz CT molecular complexity index is 620. The van der Waals surface area contributed by atoms with Crippen LogP contribution < -0.4 is 10.6 Å². The summed E-state index contributed by atoms with van der Waals surface area (Å²) in [4.78, 5) is 3.47. The van der Waals surface area contributed by atoms with Crippen LogP contribution in [0, 0.1) is 11.6 Å². The third kappa shape index (κ3) is 4.53. The van der Waals surface area contributed by atoms with Crippen LogP contribution >= 0.6 is 24.8 Å². The van der Waals surface area contributed by atoms with Crippen LogP contribution in [0.3, 0.4) is 0 Å². The molecule has 1 aliphatic rings. The standard InChI is InChI=1S/C16H17F2N3.2ClH/c17-13-9-19-10-14(18)16(13)21-8-6-15-12-4-2-1-3-11(12)5-7-20-15;;/h1-4,9-10,15,20H,5-8H2,(H,19,21);2*1H. The highest BCUT2D eigenvalue weighted by Crippen LogP contribution is 2.25. The number of nitrogens with one attached hydrogen (secondary N) is 2. The number of anilines is 1. The second-order valence-corrected chi connectivity index (χ2v) is 5.15. The number of benzene rings is 1. The van der Waals surface area contributed by atoms with Crippen molar-refractivity contribution in [3.63, 3.8) is 0 Å². The summed E-state index contributed by atoms with van der Waals surface area (Å²) >= 11 is 0. The number of hydrogen-bond acceptors (Lipinski definition) is 3. The molecule has 1 atom stereocenters. The van der Waals surface area contributed by atoms with E-state index in [1.807, 2.05) is 12.1 Å². The van der Waals surface area contributed by atoms with Gasteiger partial charge in [-0.25, -0.2) is 8.78 Å². The second kappa shape index (κ2) is 9.01. The summed E-state index contributed by atoms with van der Waals surface area (Å²) in [6, 6.07) is 8.53. The minimum Gasteiger partial charge on any atom is -0.380 e. The average molecular weight is 362 g/mol. The maximum absolute atomic E-state index is 13.5. The van der Waals surface area contributed by atoms with Crippen molar-refractivity contribution in [1.29, 1.82) is 0 Å². The molecule has 0 saturated carbocycles. The number of rotatable bonds is 4. The Hall–Kier alpha value is -1.43. The molecule has 3 rings (SSSR count). The smallest absolute Gasteiger partial charge is 0.167 e. The summed E-state index contributed by atoms with van der Waals surface area (Å²) in [7, 11) is 0. The largest absolute Gasteiger partial charge is 0.380 e. The van der Waals surface area contributed by atoms with Gasteiger partial charge < -0.3 is 10.6 Å². The zero-order chi connectivity index (χ0) is 14.7. The Balaban J connectivity index is 0.00000132. The van der Waals surface area contributed by atoms with Crippen molar-refractivity contribution in [1.82, 2.24) is 10.3 Å². The zero-order valence-electron chi connectivity index (χ0n) is 12.4. The summed E-state index contributed by atoms with van der Waals surface area (Å²) in [5, 5.41) is 6.28. The molecule has 0 saturated heterocycles. The van der Waals surface area contributed by atoms with E-state index in [0.717, 1.165) is 31.8 Å². The van der Waals surface area contributed by atoms with E-state index in [-0.39, 0.29) is 36.5 Å². The molecular formula is C16H19Cl2F2N3. The number of hydrogen-bond donors (Lipinski definition) is 2. The molecule has 126 valence electrons. The molecule has 0 radical (unpaired) electrons. The molecule has 2 heterocycles. The van der Waals surface area contributed by atoms with Crippen LogP contribution in [0.25, 0.3) is 0 Å². The van der Waals surface area contributed by atoms with E-state index in [9.17, 15) is 8.78 Å². The Kier molecular flexibility index (Phi) is 7.68. The van der Waals surface area contributed by atoms with Gasteiger partial charge in [-0.1, -0.05) is 24.3 Å². The maximum atomic E-state index is 13.5. The van der Waals surface area contributed by atoms with Crippen molar-refractivity contribution in [3.05, 3.63) is 59.4 Å². The number of nitrogens with zero attached hydrogens (tertiary/aromatic N) is 1. The number of halogens is 4. The average Bonchev–Trinajstić information content (AvgIpc) is 2.50. The van der Waals surface area contributed by atoms with Gasteiger partial charge in [0.25, 0.3) is 0 Å². The highest BCUT2D eigenvalue weighted by molar-refractivity contribution is 5.85. The van der Waals surface area contributed by atoms with Crippen LogP contribution in [-0.4, -0.2) is 18.1 Å². The fraction of sp³-hybridized carbons (Fsp3) is 0.312. The van der Waals surface area contributed by atoms with Crippen molar-refractivity contribution >= 4 is 30.5 Å². The summed E-state index contributed by atoms with van der Waals surface area (Å²) < 4.78 is 26.9. The van der Waals surface area contributed by atoms with Crippen molar-refractivity contribution in [2.45, 2.75) is 18.9 Å². The fourth-order valence-electron chi connectivity index (χ4n) is 2.77. The maximum Gasteiger partial charge on any atom is 0.167 e. The van der Waals surface area contributed by atoms with Gasteiger partial charge in [-0.15, -0.1) is 24.8 Å². The molecule has 1 aromatic heterocycles. The molecule has 0 bridgehead atoms. The van der Waals surface area contributed by atoms with Crippen molar-refractivity contribution in [2.24, 2.45) is 0 Å². The minimum absolute atomic E-state index is 0. The van der Waals surface area contributed by atoms with E-state index >= 15 is 0 Å². The predicted octanol–water partition coefficient (Wildman–Crippen LogP) is 3.89. The molecule has 1 aliphatic heterocycles. The Morgan fingerprint density at radius 2 is 1.83 bits per heavy atom. The molecule has 0 aliphatic carbocycles. The first-order valence-electron chi connectivity index (χ1n) is 7.10. The Morgan fingerprint density at radius 1 is 1.13 bits per heavy atom. The lowest BCUT2D eigenvalue weighted by Gasteiger charge is -2.27. The third-order valence-electron chi connectivity index (χ3n) is 3.80. The normalized spacial score (nSPS) is 15.8. The second-order valence-electron chi connectivity index (χ2n) is 5.15. The lowest BCUT2D eigenvalue weighted by atomic mass is 9.92. The van der Waals surface area contributed by atoms with Crippen LogP contribution in [0.1, 0.15) is 23.6 Å². The van der Waals surface area contributed by atoms with Gasteiger partial charge in [0.2, 0.25) is 0 Å². The first-order valence-corrected chi connectivity index (χ1v) is 7.10. The zero-order valence-corrected chi connectivity index (χ0v) is 14.0. The lowest BCUT2D eigenvalue weighted by Crippen LogP contribution is -2.31. The van der Waals surface area contributed by atoms with Crippen molar-refractivity contribution in [2.75, 3.05) is 18.4 Å². The molecule has 0 spiro atoms. The minimum atomic E-state index is -0.660. The van der Waals surface area contributed by atoms with Crippen molar-refractivity contribution in [3.8, 4) is 0 Å². The first kappa shape index (κ1) is 19.6. The van der Waals surface area contributed by atoms with Crippen LogP contribution in [-0.2, 0) is 6.42 Å². The molecule has 2 N–H and O–H groups in total. The van der Waals surface area contributed by atoms with E-state index in [4.69, 9.17) is 0 Å². The van der Waals surface area contributed by atoms with Crippen LogP contribution in [0.15, 0.2) is 36.7 Å². The lowest BCUT2D eigenvalue weighted by molar-refractivity contribution is 0.484. The van der Waals surface area contributed by atoms with E-state index in [1.165, 1.54) is 11.1 Å². The van der Waals surface area contributed by atoms with Gasteiger partial charge in [0.1, 0.15) is 5.69 Å². The van der Waals surface area contributed by atoms with E-state index in [2.05, 4.69) is 27.8 Å². The van der Waals surface area contributed by atoms with Gasteiger partial charge in [-0.05, 0) is 30.5 Å². The third-order valence-corrected chi connectivity index (χ3v) is 3.80. The first-order chi connectivity index (χ1) is 10.3. The Morgan fingerprint density at radius 3 is 2.57 bits per heavy atom. The quantitative estimate of drug-likeness (QED) is 0.867. The molecule has 2 aromatic rings. The predicted molar refractivity (Wildman–Crippen MR) is 92.6 cm³/mol. The number of fused-ring (bicyclic) bond motifs is 1. The van der Waals surface area contributed by atoms with Gasteiger partial charge in [0.05, 0.1) is 12.4 Å².